The normalized spacial score (nSPS) is 13.4. The highest BCUT2D eigenvalue weighted by Gasteiger charge is 2.01. The van der Waals surface area contributed by atoms with Crippen LogP contribution in [0.15, 0.2) is 0 Å². The van der Waals surface area contributed by atoms with Crippen LogP contribution in [0.3, 0.4) is 0 Å². The van der Waals surface area contributed by atoms with Gasteiger partial charge in [0.25, 0.3) is 0 Å². The molecule has 0 aliphatic rings. The standard InChI is InChI=1S/C8H18O3/c1-2-11-7-8(10)5-3-4-6-9/h8-10H,2-7H2,1H3. The van der Waals surface area contributed by atoms with Gasteiger partial charge in [0.05, 0.1) is 12.7 Å². The van der Waals surface area contributed by atoms with Crippen LogP contribution in [-0.2, 0) is 4.74 Å². The molecule has 0 fully saturated rings. The summed E-state index contributed by atoms with van der Waals surface area (Å²) in [6.07, 6.45) is 2.00. The molecule has 0 amide bonds. The summed E-state index contributed by atoms with van der Waals surface area (Å²) in [6.45, 7) is 3.18. The molecule has 3 heteroatoms. The summed E-state index contributed by atoms with van der Waals surface area (Å²) in [5, 5.41) is 17.6. The van der Waals surface area contributed by atoms with Crippen molar-refractivity contribution in [2.45, 2.75) is 32.3 Å². The van der Waals surface area contributed by atoms with Gasteiger partial charge in [0, 0.05) is 13.2 Å². The van der Waals surface area contributed by atoms with Crippen molar-refractivity contribution in [3.63, 3.8) is 0 Å². The first-order chi connectivity index (χ1) is 5.31. The van der Waals surface area contributed by atoms with Gasteiger partial charge in [-0.15, -0.1) is 0 Å². The summed E-state index contributed by atoms with van der Waals surface area (Å²) >= 11 is 0. The molecule has 0 saturated carbocycles. The molecule has 0 rings (SSSR count). The van der Waals surface area contributed by atoms with Crippen molar-refractivity contribution in [1.29, 1.82) is 0 Å². The van der Waals surface area contributed by atoms with E-state index >= 15 is 0 Å². The Morgan fingerprint density at radius 1 is 1.36 bits per heavy atom. The van der Waals surface area contributed by atoms with E-state index in [1.54, 1.807) is 0 Å². The summed E-state index contributed by atoms with van der Waals surface area (Å²) in [5.74, 6) is 0. The molecule has 1 unspecified atom stereocenters. The van der Waals surface area contributed by atoms with E-state index in [4.69, 9.17) is 9.84 Å². The van der Waals surface area contributed by atoms with E-state index in [0.717, 1.165) is 19.3 Å². The van der Waals surface area contributed by atoms with Gasteiger partial charge in [-0.1, -0.05) is 0 Å². The summed E-state index contributed by atoms with van der Waals surface area (Å²) in [6, 6.07) is 0. The first-order valence-electron chi connectivity index (χ1n) is 4.18. The van der Waals surface area contributed by atoms with Crippen molar-refractivity contribution in [2.75, 3.05) is 19.8 Å². The van der Waals surface area contributed by atoms with Crippen LogP contribution in [0.2, 0.25) is 0 Å². The van der Waals surface area contributed by atoms with Crippen molar-refractivity contribution < 1.29 is 14.9 Å². The van der Waals surface area contributed by atoms with Crippen molar-refractivity contribution >= 4 is 0 Å². The monoisotopic (exact) mass is 162 g/mol. The Hall–Kier alpha value is -0.120. The first kappa shape index (κ1) is 10.9. The second-order valence-electron chi connectivity index (χ2n) is 2.53. The number of unbranched alkanes of at least 4 members (excludes halogenated alkanes) is 1. The minimum atomic E-state index is -0.360. The molecule has 68 valence electrons. The lowest BCUT2D eigenvalue weighted by Gasteiger charge is -2.08. The zero-order valence-electron chi connectivity index (χ0n) is 7.12. The van der Waals surface area contributed by atoms with E-state index in [2.05, 4.69) is 0 Å². The topological polar surface area (TPSA) is 49.7 Å². The lowest BCUT2D eigenvalue weighted by molar-refractivity contribution is 0.0363. The highest BCUT2D eigenvalue weighted by molar-refractivity contribution is 4.53. The van der Waals surface area contributed by atoms with Gasteiger partial charge in [0.1, 0.15) is 0 Å². The third-order valence-corrected chi connectivity index (χ3v) is 1.46. The third-order valence-electron chi connectivity index (χ3n) is 1.46. The van der Waals surface area contributed by atoms with Crippen LogP contribution in [0.1, 0.15) is 26.2 Å². The maximum absolute atomic E-state index is 9.20. The second-order valence-corrected chi connectivity index (χ2v) is 2.53. The van der Waals surface area contributed by atoms with Crippen LogP contribution in [0, 0.1) is 0 Å². The molecule has 2 N–H and O–H groups in total. The Morgan fingerprint density at radius 3 is 2.64 bits per heavy atom. The summed E-state index contributed by atoms with van der Waals surface area (Å²) < 4.78 is 5.01. The molecule has 0 bridgehead atoms. The Labute approximate surface area is 68.0 Å². The maximum Gasteiger partial charge on any atom is 0.0773 e. The second kappa shape index (κ2) is 7.98. The van der Waals surface area contributed by atoms with Crippen LogP contribution in [-0.4, -0.2) is 36.1 Å². The predicted octanol–water partition coefficient (Wildman–Crippen LogP) is 0.546. The lowest BCUT2D eigenvalue weighted by atomic mass is 10.2. The quantitative estimate of drug-likeness (QED) is 0.537. The molecule has 0 spiro atoms. The van der Waals surface area contributed by atoms with E-state index in [9.17, 15) is 5.11 Å². The molecular weight excluding hydrogens is 144 g/mol. The van der Waals surface area contributed by atoms with E-state index in [1.165, 1.54) is 0 Å². The maximum atomic E-state index is 9.20. The SMILES string of the molecule is CCOCC(O)CCCCO. The largest absolute Gasteiger partial charge is 0.396 e. The van der Waals surface area contributed by atoms with Gasteiger partial charge < -0.3 is 14.9 Å². The Bertz CT molecular complexity index is 75.7. The molecule has 0 aliphatic heterocycles. The van der Waals surface area contributed by atoms with Gasteiger partial charge in [-0.3, -0.25) is 0 Å². The van der Waals surface area contributed by atoms with Gasteiger partial charge in [0.2, 0.25) is 0 Å². The molecule has 1 atom stereocenters. The van der Waals surface area contributed by atoms with Gasteiger partial charge in [-0.2, -0.15) is 0 Å². The van der Waals surface area contributed by atoms with Crippen molar-refractivity contribution in [1.82, 2.24) is 0 Å². The Morgan fingerprint density at radius 2 is 2.09 bits per heavy atom. The van der Waals surface area contributed by atoms with E-state index in [1.807, 2.05) is 6.92 Å². The van der Waals surface area contributed by atoms with Crippen LogP contribution in [0.25, 0.3) is 0 Å². The van der Waals surface area contributed by atoms with E-state index in [0.29, 0.717) is 13.2 Å². The molecule has 0 aromatic carbocycles. The van der Waals surface area contributed by atoms with Crippen molar-refractivity contribution in [3.05, 3.63) is 0 Å². The van der Waals surface area contributed by atoms with E-state index in [-0.39, 0.29) is 12.7 Å². The highest BCUT2D eigenvalue weighted by atomic mass is 16.5. The van der Waals surface area contributed by atoms with Gasteiger partial charge >= 0.3 is 0 Å². The molecule has 0 saturated heterocycles. The number of hydrogen-bond donors (Lipinski definition) is 2. The number of rotatable bonds is 7. The van der Waals surface area contributed by atoms with Gasteiger partial charge in [-0.25, -0.2) is 0 Å². The minimum Gasteiger partial charge on any atom is -0.396 e. The fourth-order valence-corrected chi connectivity index (χ4v) is 0.829. The van der Waals surface area contributed by atoms with Crippen LogP contribution in [0.4, 0.5) is 0 Å². The first-order valence-corrected chi connectivity index (χ1v) is 4.18. The number of hydrogen-bond acceptors (Lipinski definition) is 3. The molecule has 0 aromatic rings. The zero-order valence-corrected chi connectivity index (χ0v) is 7.12. The molecule has 0 aliphatic carbocycles. The zero-order chi connectivity index (χ0) is 8.53. The van der Waals surface area contributed by atoms with Crippen molar-refractivity contribution in [2.24, 2.45) is 0 Å². The van der Waals surface area contributed by atoms with Crippen molar-refractivity contribution in [3.8, 4) is 0 Å². The molecule has 0 aromatic heterocycles. The Balaban J connectivity index is 3.02. The molecule has 11 heavy (non-hydrogen) atoms. The summed E-state index contributed by atoms with van der Waals surface area (Å²) in [4.78, 5) is 0. The summed E-state index contributed by atoms with van der Waals surface area (Å²) in [5.41, 5.74) is 0. The molecule has 3 nitrogen and oxygen atoms in total. The number of aliphatic hydroxyl groups is 2. The van der Waals surface area contributed by atoms with Gasteiger partial charge in [0.15, 0.2) is 0 Å². The highest BCUT2D eigenvalue weighted by Crippen LogP contribution is 2.00. The predicted molar refractivity (Wildman–Crippen MR) is 43.4 cm³/mol. The smallest absolute Gasteiger partial charge is 0.0773 e. The van der Waals surface area contributed by atoms with Crippen LogP contribution in [0.5, 0.6) is 0 Å². The summed E-state index contributed by atoms with van der Waals surface area (Å²) in [7, 11) is 0. The fourth-order valence-electron chi connectivity index (χ4n) is 0.829. The lowest BCUT2D eigenvalue weighted by Crippen LogP contribution is -2.15. The molecule has 0 heterocycles. The van der Waals surface area contributed by atoms with E-state index < -0.39 is 0 Å². The fraction of sp³-hybridized carbons (Fsp3) is 1.00. The molecule has 0 radical (unpaired) electrons. The molecular formula is C8H18O3. The average molecular weight is 162 g/mol. The van der Waals surface area contributed by atoms with Gasteiger partial charge in [-0.05, 0) is 26.2 Å². The van der Waals surface area contributed by atoms with Crippen LogP contribution < -0.4 is 0 Å². The Kier molecular flexibility index (Phi) is 7.89. The third kappa shape index (κ3) is 7.78. The number of aliphatic hydroxyl groups excluding tert-OH is 2. The minimum absolute atomic E-state index is 0.210. The number of ether oxygens (including phenoxy) is 1. The average Bonchev–Trinajstić information content (AvgIpc) is 2.01. The van der Waals surface area contributed by atoms with Crippen LogP contribution >= 0.6 is 0 Å².